The molecule has 2 heteroatoms. The van der Waals surface area contributed by atoms with Crippen LogP contribution in [0.2, 0.25) is 13.3 Å². The first kappa shape index (κ1) is 19.4. The molecule has 0 fully saturated rings. The topological polar surface area (TPSA) is 0 Å². The Bertz CT molecular complexity index is 350. The van der Waals surface area contributed by atoms with E-state index in [0.29, 0.717) is 0 Å². The van der Waals surface area contributed by atoms with E-state index in [9.17, 15) is 0 Å². The molecular weight excluding hydrogens is 379 g/mol. The molecule has 0 unspecified atom stereocenters. The molecule has 0 atom stereocenters. The van der Waals surface area contributed by atoms with Crippen molar-refractivity contribution in [2.24, 2.45) is 0 Å². The fourth-order valence-corrected chi connectivity index (χ4v) is 25.6. The zero-order valence-electron chi connectivity index (χ0n) is 14.6. The SMILES string of the molecule is CCC[CH2][Sn]([CH2]CCC)([CH2]CCC)[S]c1ccc(C)cc1. The summed E-state index contributed by atoms with van der Waals surface area (Å²) in [6.07, 6.45) is 8.48. The van der Waals surface area contributed by atoms with Crippen molar-refractivity contribution in [1.29, 1.82) is 0 Å². The van der Waals surface area contributed by atoms with Crippen molar-refractivity contribution in [3.8, 4) is 0 Å². The van der Waals surface area contributed by atoms with Gasteiger partial charge in [-0.25, -0.2) is 0 Å². The molecule has 0 saturated heterocycles. The molecule has 0 N–H and O–H groups in total. The molecule has 0 spiro atoms. The average Bonchev–Trinajstić information content (AvgIpc) is 2.51. The quantitative estimate of drug-likeness (QED) is 0.340. The first-order chi connectivity index (χ1) is 10.2. The zero-order chi connectivity index (χ0) is 15.6. The van der Waals surface area contributed by atoms with Gasteiger partial charge in [0, 0.05) is 0 Å². The van der Waals surface area contributed by atoms with Gasteiger partial charge in [-0.1, -0.05) is 0 Å². The number of hydrogen-bond acceptors (Lipinski definition) is 1. The second kappa shape index (κ2) is 11.0. The standard InChI is InChI=1S/C7H8S.3C4H9.Sn/c1-6-2-4-7(8)5-3-6;3*1-3-4-2;/h2-5,8H,1H3;3*1,3-4H2,2H3;/q;;;;+1/p-1. The van der Waals surface area contributed by atoms with Gasteiger partial charge >= 0.3 is 140 Å². The van der Waals surface area contributed by atoms with Gasteiger partial charge in [0.05, 0.1) is 0 Å². The third kappa shape index (κ3) is 7.45. The Morgan fingerprint density at radius 1 is 0.762 bits per heavy atom. The molecule has 120 valence electrons. The Balaban J connectivity index is 2.85. The van der Waals surface area contributed by atoms with Gasteiger partial charge in [-0.15, -0.1) is 0 Å². The summed E-state index contributed by atoms with van der Waals surface area (Å²) in [4.78, 5) is 1.56. The Kier molecular flexibility index (Phi) is 10.2. The van der Waals surface area contributed by atoms with Crippen LogP contribution < -0.4 is 0 Å². The molecular formula is C19H34SSn. The predicted molar refractivity (Wildman–Crippen MR) is 102 cm³/mol. The monoisotopic (exact) mass is 414 g/mol. The van der Waals surface area contributed by atoms with Gasteiger partial charge < -0.3 is 0 Å². The Hall–Kier alpha value is 0.369. The summed E-state index contributed by atoms with van der Waals surface area (Å²) < 4.78 is 4.76. The third-order valence-corrected chi connectivity index (χ3v) is 25.9. The van der Waals surface area contributed by atoms with Crippen molar-refractivity contribution in [1.82, 2.24) is 0 Å². The second-order valence-corrected chi connectivity index (χ2v) is 25.7. The van der Waals surface area contributed by atoms with Crippen molar-refractivity contribution in [2.45, 2.75) is 84.4 Å². The van der Waals surface area contributed by atoms with Crippen LogP contribution in [0.25, 0.3) is 0 Å². The van der Waals surface area contributed by atoms with E-state index < -0.39 is 17.0 Å². The van der Waals surface area contributed by atoms with E-state index >= 15 is 0 Å². The second-order valence-electron chi connectivity index (χ2n) is 6.41. The summed E-state index contributed by atoms with van der Waals surface area (Å²) >= 11 is -2.05. The number of hydrogen-bond donors (Lipinski definition) is 0. The maximum atomic E-state index is 2.37. The van der Waals surface area contributed by atoms with Crippen LogP contribution in [-0.4, -0.2) is 17.0 Å². The van der Waals surface area contributed by atoms with Gasteiger partial charge in [0.25, 0.3) is 0 Å². The maximum absolute atomic E-state index is 2.37. The van der Waals surface area contributed by atoms with Gasteiger partial charge in [-0.3, -0.25) is 0 Å². The van der Waals surface area contributed by atoms with Crippen molar-refractivity contribution in [2.75, 3.05) is 0 Å². The van der Waals surface area contributed by atoms with E-state index in [4.69, 9.17) is 0 Å². The summed E-state index contributed by atoms with van der Waals surface area (Å²) in [5.74, 6) is 0. The molecule has 0 aliphatic rings. The summed E-state index contributed by atoms with van der Waals surface area (Å²) in [7, 11) is 2.37. The van der Waals surface area contributed by atoms with Crippen molar-refractivity contribution in [3.05, 3.63) is 29.8 Å². The summed E-state index contributed by atoms with van der Waals surface area (Å²) in [6, 6.07) is 9.32. The Morgan fingerprint density at radius 3 is 1.57 bits per heavy atom. The average molecular weight is 413 g/mol. The van der Waals surface area contributed by atoms with E-state index in [-0.39, 0.29) is 0 Å². The van der Waals surface area contributed by atoms with Gasteiger partial charge in [0.15, 0.2) is 0 Å². The molecule has 0 saturated carbocycles. The fraction of sp³-hybridized carbons (Fsp3) is 0.684. The molecule has 0 nitrogen and oxygen atoms in total. The predicted octanol–water partition coefficient (Wildman–Crippen LogP) is 7.43. The molecule has 0 radical (unpaired) electrons. The van der Waals surface area contributed by atoms with Crippen LogP contribution in [0.15, 0.2) is 29.2 Å². The number of unbranched alkanes of at least 4 members (excludes halogenated alkanes) is 3. The van der Waals surface area contributed by atoms with Crippen LogP contribution in [0.4, 0.5) is 0 Å². The molecule has 1 aromatic rings. The van der Waals surface area contributed by atoms with Gasteiger partial charge in [-0.2, -0.15) is 0 Å². The van der Waals surface area contributed by atoms with E-state index in [1.54, 1.807) is 18.2 Å². The molecule has 0 heterocycles. The molecule has 0 amide bonds. The van der Waals surface area contributed by atoms with Crippen LogP contribution in [0, 0.1) is 6.92 Å². The first-order valence-corrected chi connectivity index (χ1v) is 19.3. The summed E-state index contributed by atoms with van der Waals surface area (Å²) in [5, 5.41) is 0. The molecule has 1 rings (SSSR count). The Labute approximate surface area is 139 Å². The van der Waals surface area contributed by atoms with E-state index in [2.05, 4.69) is 60.9 Å². The van der Waals surface area contributed by atoms with Crippen molar-refractivity contribution < 1.29 is 0 Å². The van der Waals surface area contributed by atoms with Crippen LogP contribution in [-0.2, 0) is 0 Å². The minimum atomic E-state index is -2.05. The molecule has 0 bridgehead atoms. The van der Waals surface area contributed by atoms with Crippen molar-refractivity contribution >= 4 is 25.9 Å². The zero-order valence-corrected chi connectivity index (χ0v) is 18.3. The minimum absolute atomic E-state index is 1.37. The first-order valence-electron chi connectivity index (χ1n) is 8.91. The summed E-state index contributed by atoms with van der Waals surface area (Å²) in [5.41, 5.74) is 1.39. The molecule has 0 aromatic heterocycles. The molecule has 0 aliphatic heterocycles. The third-order valence-electron chi connectivity index (χ3n) is 4.31. The molecule has 1 aromatic carbocycles. The van der Waals surface area contributed by atoms with Gasteiger partial charge in [0.2, 0.25) is 0 Å². The van der Waals surface area contributed by atoms with Gasteiger partial charge in [-0.05, 0) is 0 Å². The molecule has 0 aliphatic carbocycles. The van der Waals surface area contributed by atoms with Crippen LogP contribution in [0.5, 0.6) is 0 Å². The van der Waals surface area contributed by atoms with E-state index in [1.807, 2.05) is 0 Å². The number of aryl methyl sites for hydroxylation is 1. The number of benzene rings is 1. The van der Waals surface area contributed by atoms with Crippen molar-refractivity contribution in [3.63, 3.8) is 0 Å². The number of rotatable bonds is 11. The van der Waals surface area contributed by atoms with Crippen LogP contribution in [0.3, 0.4) is 0 Å². The Morgan fingerprint density at radius 2 is 1.19 bits per heavy atom. The van der Waals surface area contributed by atoms with E-state index in [0.717, 1.165) is 0 Å². The normalized spacial score (nSPS) is 11.8. The fourth-order valence-electron chi connectivity index (χ4n) is 2.88. The van der Waals surface area contributed by atoms with Gasteiger partial charge in [0.1, 0.15) is 0 Å². The van der Waals surface area contributed by atoms with Crippen LogP contribution in [0.1, 0.15) is 64.9 Å². The molecule has 21 heavy (non-hydrogen) atoms. The van der Waals surface area contributed by atoms with Crippen LogP contribution >= 0.6 is 8.95 Å². The van der Waals surface area contributed by atoms with E-state index in [1.165, 1.54) is 44.1 Å². The summed E-state index contributed by atoms with van der Waals surface area (Å²) in [6.45, 7) is 9.25.